The van der Waals surface area contributed by atoms with Crippen LogP contribution >= 0.6 is 23.2 Å². The van der Waals surface area contributed by atoms with Crippen molar-refractivity contribution in [2.75, 3.05) is 4.90 Å². The van der Waals surface area contributed by atoms with E-state index in [1.165, 1.54) is 4.90 Å². The highest BCUT2D eigenvalue weighted by Gasteiger charge is 2.55. The first kappa shape index (κ1) is 18.5. The van der Waals surface area contributed by atoms with Crippen LogP contribution in [0.25, 0.3) is 11.1 Å². The fourth-order valence-corrected chi connectivity index (χ4v) is 4.69. The Morgan fingerprint density at radius 3 is 2.48 bits per heavy atom. The third kappa shape index (κ3) is 2.54. The Balaban J connectivity index is 2.06. The number of halogens is 2. The molecule has 2 heterocycles. The lowest BCUT2D eigenvalue weighted by molar-refractivity contribution is -0.137. The number of benzene rings is 2. The van der Waals surface area contributed by atoms with Gasteiger partial charge >= 0.3 is 0 Å². The molecule has 3 unspecified atom stereocenters. The van der Waals surface area contributed by atoms with Gasteiger partial charge in [-0.05, 0) is 47.7 Å². The monoisotopic (exact) mass is 403 g/mol. The molecular formula is C21H19Cl2NO3. The first-order chi connectivity index (χ1) is 12.7. The Morgan fingerprint density at radius 1 is 1.11 bits per heavy atom. The highest BCUT2D eigenvalue weighted by atomic mass is 35.5. The summed E-state index contributed by atoms with van der Waals surface area (Å²) in [5, 5.41) is 11.8. The molecule has 1 amide bonds. The lowest BCUT2D eigenvalue weighted by atomic mass is 9.79. The van der Waals surface area contributed by atoms with Gasteiger partial charge in [0.25, 0.3) is 5.91 Å². The molecule has 4 rings (SSSR count). The van der Waals surface area contributed by atoms with E-state index in [-0.39, 0.29) is 5.92 Å². The van der Waals surface area contributed by atoms with E-state index >= 15 is 0 Å². The second-order valence-electron chi connectivity index (χ2n) is 7.56. The van der Waals surface area contributed by atoms with Gasteiger partial charge in [-0.1, -0.05) is 49.2 Å². The Hall–Kier alpha value is -1.88. The van der Waals surface area contributed by atoms with Gasteiger partial charge in [0.15, 0.2) is 0 Å². The van der Waals surface area contributed by atoms with E-state index in [0.717, 1.165) is 16.7 Å². The van der Waals surface area contributed by atoms with Crippen LogP contribution in [0.4, 0.5) is 5.69 Å². The van der Waals surface area contributed by atoms with Crippen molar-refractivity contribution in [3.8, 4) is 11.1 Å². The van der Waals surface area contributed by atoms with Crippen molar-refractivity contribution in [1.82, 2.24) is 0 Å². The highest BCUT2D eigenvalue weighted by Crippen LogP contribution is 2.55. The maximum Gasteiger partial charge on any atom is 0.295 e. The average molecular weight is 404 g/mol. The largest absolute Gasteiger partial charge is 0.392 e. The summed E-state index contributed by atoms with van der Waals surface area (Å²) >= 11 is 12.7. The molecule has 1 fully saturated rings. The molecule has 1 saturated heterocycles. The Kier molecular flexibility index (Phi) is 4.34. The van der Waals surface area contributed by atoms with Gasteiger partial charge in [-0.2, -0.15) is 0 Å². The van der Waals surface area contributed by atoms with E-state index in [2.05, 4.69) is 0 Å². The van der Waals surface area contributed by atoms with E-state index in [4.69, 9.17) is 23.2 Å². The van der Waals surface area contributed by atoms with Crippen LogP contribution in [0, 0.1) is 18.8 Å². The first-order valence-electron chi connectivity index (χ1n) is 8.88. The summed E-state index contributed by atoms with van der Waals surface area (Å²) in [4.78, 5) is 27.4. The number of aryl methyl sites for hydroxylation is 1. The van der Waals surface area contributed by atoms with E-state index in [1.54, 1.807) is 12.1 Å². The van der Waals surface area contributed by atoms with E-state index in [1.807, 2.05) is 39.0 Å². The van der Waals surface area contributed by atoms with Crippen LogP contribution in [-0.4, -0.2) is 22.9 Å². The summed E-state index contributed by atoms with van der Waals surface area (Å²) in [6, 6.07) is 8.41. The number of nitrogens with zero attached hydrogens (tertiary/aromatic N) is 1. The topological polar surface area (TPSA) is 57.6 Å². The van der Waals surface area contributed by atoms with Crippen LogP contribution in [0.2, 0.25) is 10.0 Å². The molecule has 2 aliphatic rings. The van der Waals surface area contributed by atoms with Crippen molar-refractivity contribution in [3.63, 3.8) is 0 Å². The first-order valence-corrected chi connectivity index (χ1v) is 9.64. The Labute approximate surface area is 167 Å². The van der Waals surface area contributed by atoms with E-state index < -0.39 is 29.8 Å². The molecule has 0 saturated carbocycles. The van der Waals surface area contributed by atoms with Crippen LogP contribution in [0.3, 0.4) is 0 Å². The summed E-state index contributed by atoms with van der Waals surface area (Å²) in [6.07, 6.45) is -0.930. The van der Waals surface area contributed by atoms with Crippen molar-refractivity contribution < 1.29 is 14.7 Å². The quantitative estimate of drug-likeness (QED) is 0.746. The Bertz CT molecular complexity index is 986. The summed E-state index contributed by atoms with van der Waals surface area (Å²) in [7, 11) is 0. The van der Waals surface area contributed by atoms with Crippen molar-refractivity contribution in [1.29, 1.82) is 0 Å². The molecule has 2 aliphatic heterocycles. The van der Waals surface area contributed by atoms with Gasteiger partial charge in [-0.25, -0.2) is 0 Å². The fourth-order valence-electron chi connectivity index (χ4n) is 4.26. The zero-order valence-corrected chi connectivity index (χ0v) is 16.7. The molecule has 0 spiro atoms. The number of Topliss-reactive ketones (excluding diaryl/α,β-unsaturated/α-hetero) is 1. The number of anilines is 1. The summed E-state index contributed by atoms with van der Waals surface area (Å²) in [6.45, 7) is 5.56. The molecular weight excluding hydrogens is 385 g/mol. The third-order valence-electron chi connectivity index (χ3n) is 5.57. The van der Waals surface area contributed by atoms with Crippen LogP contribution in [0.5, 0.6) is 0 Å². The number of ketones is 1. The maximum absolute atomic E-state index is 13.0. The molecule has 2 aromatic rings. The number of aliphatic hydroxyl groups excluding tert-OH is 1. The minimum atomic E-state index is -0.930. The lowest BCUT2D eigenvalue weighted by Crippen LogP contribution is -2.37. The van der Waals surface area contributed by atoms with Gasteiger partial charge in [0.2, 0.25) is 5.78 Å². The minimum Gasteiger partial charge on any atom is -0.392 e. The zero-order valence-electron chi connectivity index (χ0n) is 15.2. The van der Waals surface area contributed by atoms with Gasteiger partial charge in [-0.3, -0.25) is 14.5 Å². The number of carbonyl (C=O) groups excluding carboxylic acids is 2. The predicted octanol–water partition coefficient (Wildman–Crippen LogP) is 4.57. The lowest BCUT2D eigenvalue weighted by Gasteiger charge is -2.38. The minimum absolute atomic E-state index is 0.163. The van der Waals surface area contributed by atoms with Crippen LogP contribution in [0.1, 0.15) is 31.0 Å². The number of amides is 1. The van der Waals surface area contributed by atoms with Crippen molar-refractivity contribution in [3.05, 3.63) is 51.5 Å². The summed E-state index contributed by atoms with van der Waals surface area (Å²) in [5.41, 5.74) is 3.75. The predicted molar refractivity (Wildman–Crippen MR) is 106 cm³/mol. The maximum atomic E-state index is 13.0. The van der Waals surface area contributed by atoms with Crippen molar-refractivity contribution >= 4 is 40.6 Å². The molecule has 0 aromatic heterocycles. The Morgan fingerprint density at radius 2 is 1.81 bits per heavy atom. The molecule has 0 aliphatic carbocycles. The summed E-state index contributed by atoms with van der Waals surface area (Å²) in [5.74, 6) is -2.15. The molecule has 3 atom stereocenters. The van der Waals surface area contributed by atoms with Gasteiger partial charge in [0, 0.05) is 10.6 Å². The van der Waals surface area contributed by atoms with Gasteiger partial charge in [-0.15, -0.1) is 0 Å². The SMILES string of the molecule is Cc1ccc(Cl)c2c1N1C(=O)C(=O)C(C(O)C(C)C)C1c1ccc(Cl)cc1-2. The molecule has 140 valence electrons. The number of hydrogen-bond donors (Lipinski definition) is 1. The summed E-state index contributed by atoms with van der Waals surface area (Å²) < 4.78 is 0. The van der Waals surface area contributed by atoms with Crippen LogP contribution in [0.15, 0.2) is 30.3 Å². The smallest absolute Gasteiger partial charge is 0.295 e. The molecule has 27 heavy (non-hydrogen) atoms. The van der Waals surface area contributed by atoms with Crippen LogP contribution in [-0.2, 0) is 9.59 Å². The van der Waals surface area contributed by atoms with Gasteiger partial charge in [0.1, 0.15) is 0 Å². The second-order valence-corrected chi connectivity index (χ2v) is 8.41. The molecule has 6 heteroatoms. The molecule has 1 N–H and O–H groups in total. The number of carbonyl (C=O) groups is 2. The van der Waals surface area contributed by atoms with Gasteiger partial charge in [0.05, 0.1) is 28.8 Å². The van der Waals surface area contributed by atoms with E-state index in [9.17, 15) is 14.7 Å². The average Bonchev–Trinajstić information content (AvgIpc) is 2.88. The molecule has 4 nitrogen and oxygen atoms in total. The van der Waals surface area contributed by atoms with Crippen LogP contribution < -0.4 is 4.90 Å². The van der Waals surface area contributed by atoms with Gasteiger partial charge < -0.3 is 5.11 Å². The number of rotatable bonds is 2. The molecule has 0 bridgehead atoms. The number of hydrogen-bond acceptors (Lipinski definition) is 3. The molecule has 2 aromatic carbocycles. The standard InChI is InChI=1S/C21H19Cl2NO3/c1-9(2)19(25)16-18-12-6-5-11(22)8-13(12)15-14(23)7-4-10(3)17(15)24(18)21(27)20(16)26/h4-9,16,18-19,25H,1-3H3. The van der Waals surface area contributed by atoms with E-state index in [0.29, 0.717) is 21.3 Å². The normalized spacial score (nSPS) is 22.0. The molecule has 0 radical (unpaired) electrons. The third-order valence-corrected chi connectivity index (χ3v) is 6.12. The second kappa shape index (κ2) is 6.33. The van der Waals surface area contributed by atoms with Crippen molar-refractivity contribution in [2.45, 2.75) is 32.9 Å². The zero-order chi connectivity index (χ0) is 19.6. The number of fused-ring (bicyclic) bond motifs is 6. The number of aliphatic hydroxyl groups is 1. The highest BCUT2D eigenvalue weighted by molar-refractivity contribution is 6.46. The van der Waals surface area contributed by atoms with Crippen molar-refractivity contribution in [2.24, 2.45) is 11.8 Å². The fraction of sp³-hybridized carbons (Fsp3) is 0.333.